The van der Waals surface area contributed by atoms with Crippen LogP contribution in [-0.4, -0.2) is 19.2 Å². The van der Waals surface area contributed by atoms with E-state index < -0.39 is 0 Å². The van der Waals surface area contributed by atoms with Gasteiger partial charge in [-0.1, -0.05) is 18.2 Å². The molecule has 3 rings (SSSR count). The van der Waals surface area contributed by atoms with E-state index in [1.807, 2.05) is 6.07 Å². The molecule has 3 heteroatoms. The van der Waals surface area contributed by atoms with Crippen LogP contribution in [0.25, 0.3) is 10.8 Å². The zero-order chi connectivity index (χ0) is 14.7. The largest absolute Gasteiger partial charge is 0.497 e. The highest BCUT2D eigenvalue weighted by molar-refractivity contribution is 5.84. The summed E-state index contributed by atoms with van der Waals surface area (Å²) < 4.78 is 5.27. The van der Waals surface area contributed by atoms with Crippen molar-refractivity contribution in [2.24, 2.45) is 5.73 Å². The van der Waals surface area contributed by atoms with Crippen molar-refractivity contribution in [1.82, 2.24) is 5.32 Å². The van der Waals surface area contributed by atoms with Crippen LogP contribution in [0.3, 0.4) is 0 Å². The van der Waals surface area contributed by atoms with E-state index in [2.05, 4.69) is 35.6 Å². The molecule has 0 aliphatic heterocycles. The van der Waals surface area contributed by atoms with Gasteiger partial charge in [0.1, 0.15) is 5.75 Å². The first-order chi connectivity index (χ1) is 10.2. The van der Waals surface area contributed by atoms with E-state index in [-0.39, 0.29) is 0 Å². The molecule has 2 aromatic carbocycles. The molecule has 0 heterocycles. The van der Waals surface area contributed by atoms with Gasteiger partial charge in [0.15, 0.2) is 0 Å². The third kappa shape index (κ3) is 3.55. The fourth-order valence-corrected chi connectivity index (χ4v) is 3.10. The second kappa shape index (κ2) is 6.46. The highest BCUT2D eigenvalue weighted by Crippen LogP contribution is 2.22. The third-order valence-electron chi connectivity index (χ3n) is 4.48. The van der Waals surface area contributed by atoms with Crippen LogP contribution in [0.15, 0.2) is 36.4 Å². The van der Waals surface area contributed by atoms with E-state index in [0.29, 0.717) is 12.1 Å². The molecule has 1 aliphatic carbocycles. The van der Waals surface area contributed by atoms with Gasteiger partial charge in [-0.2, -0.15) is 0 Å². The topological polar surface area (TPSA) is 47.3 Å². The summed E-state index contributed by atoms with van der Waals surface area (Å²) in [5.41, 5.74) is 7.29. The fourth-order valence-electron chi connectivity index (χ4n) is 3.10. The third-order valence-corrected chi connectivity index (χ3v) is 4.48. The summed E-state index contributed by atoms with van der Waals surface area (Å²) in [6, 6.07) is 13.9. The van der Waals surface area contributed by atoms with E-state index in [1.165, 1.54) is 29.2 Å². The summed E-state index contributed by atoms with van der Waals surface area (Å²) in [4.78, 5) is 0. The number of nitrogens with two attached hydrogens (primary N) is 1. The van der Waals surface area contributed by atoms with Gasteiger partial charge in [0.25, 0.3) is 0 Å². The van der Waals surface area contributed by atoms with Gasteiger partial charge >= 0.3 is 0 Å². The van der Waals surface area contributed by atoms with E-state index in [9.17, 15) is 0 Å². The van der Waals surface area contributed by atoms with Crippen molar-refractivity contribution in [3.8, 4) is 5.75 Å². The first-order valence-corrected chi connectivity index (χ1v) is 7.80. The maximum absolute atomic E-state index is 5.95. The molecule has 21 heavy (non-hydrogen) atoms. The Morgan fingerprint density at radius 1 is 1.05 bits per heavy atom. The van der Waals surface area contributed by atoms with Gasteiger partial charge < -0.3 is 15.8 Å². The molecule has 1 aliphatic rings. The highest BCUT2D eigenvalue weighted by Gasteiger charge is 2.17. The molecule has 3 nitrogen and oxygen atoms in total. The zero-order valence-corrected chi connectivity index (χ0v) is 12.6. The number of methoxy groups -OCH3 is 1. The van der Waals surface area contributed by atoms with E-state index >= 15 is 0 Å². The lowest BCUT2D eigenvalue weighted by Crippen LogP contribution is -2.36. The number of nitrogens with one attached hydrogen (secondary N) is 1. The average Bonchev–Trinajstić information content (AvgIpc) is 2.53. The number of benzene rings is 2. The van der Waals surface area contributed by atoms with Crippen molar-refractivity contribution in [3.05, 3.63) is 42.0 Å². The molecular weight excluding hydrogens is 260 g/mol. The van der Waals surface area contributed by atoms with Gasteiger partial charge in [0, 0.05) is 18.6 Å². The minimum absolute atomic E-state index is 0.415. The molecule has 2 aromatic rings. The van der Waals surface area contributed by atoms with Crippen molar-refractivity contribution in [2.75, 3.05) is 7.11 Å². The summed E-state index contributed by atoms with van der Waals surface area (Å²) >= 11 is 0. The van der Waals surface area contributed by atoms with Crippen LogP contribution in [-0.2, 0) is 6.54 Å². The average molecular weight is 284 g/mol. The first kappa shape index (κ1) is 14.4. The normalized spacial score (nSPS) is 22.4. The van der Waals surface area contributed by atoms with Crippen LogP contribution in [0.2, 0.25) is 0 Å². The molecule has 0 amide bonds. The molecule has 0 aromatic heterocycles. The quantitative estimate of drug-likeness (QED) is 0.906. The lowest BCUT2D eigenvalue weighted by Gasteiger charge is -2.27. The van der Waals surface area contributed by atoms with E-state index in [4.69, 9.17) is 10.5 Å². The summed E-state index contributed by atoms with van der Waals surface area (Å²) in [5, 5.41) is 6.15. The van der Waals surface area contributed by atoms with Crippen LogP contribution < -0.4 is 15.8 Å². The van der Waals surface area contributed by atoms with Crippen molar-refractivity contribution >= 4 is 10.8 Å². The molecule has 1 saturated carbocycles. The Labute approximate surface area is 126 Å². The maximum Gasteiger partial charge on any atom is 0.119 e. The summed E-state index contributed by atoms with van der Waals surface area (Å²) in [7, 11) is 1.70. The Morgan fingerprint density at radius 3 is 2.52 bits per heavy atom. The number of ether oxygens (including phenoxy) is 1. The number of fused-ring (bicyclic) bond motifs is 1. The summed E-state index contributed by atoms with van der Waals surface area (Å²) in [5.74, 6) is 0.909. The highest BCUT2D eigenvalue weighted by atomic mass is 16.5. The minimum atomic E-state index is 0.415. The molecule has 0 spiro atoms. The standard InChI is InChI=1S/C18H24N2O/c1-21-18-9-4-14-10-13(2-3-15(14)11-18)12-20-17-7-5-16(19)6-8-17/h2-4,9-11,16-17,20H,5-8,12,19H2,1H3. The fraction of sp³-hybridized carbons (Fsp3) is 0.444. The minimum Gasteiger partial charge on any atom is -0.497 e. The molecule has 0 unspecified atom stereocenters. The van der Waals surface area contributed by atoms with Gasteiger partial charge in [0.05, 0.1) is 7.11 Å². The van der Waals surface area contributed by atoms with Crippen LogP contribution >= 0.6 is 0 Å². The predicted molar refractivity (Wildman–Crippen MR) is 87.6 cm³/mol. The molecule has 112 valence electrons. The zero-order valence-electron chi connectivity index (χ0n) is 12.6. The molecule has 1 fully saturated rings. The van der Waals surface area contributed by atoms with Gasteiger partial charge in [0.2, 0.25) is 0 Å². The number of hydrogen-bond acceptors (Lipinski definition) is 3. The lowest BCUT2D eigenvalue weighted by molar-refractivity contribution is 0.342. The van der Waals surface area contributed by atoms with Crippen molar-refractivity contribution < 1.29 is 4.74 Å². The molecule has 3 N–H and O–H groups in total. The maximum atomic E-state index is 5.95. The van der Waals surface area contributed by atoms with Crippen molar-refractivity contribution in [1.29, 1.82) is 0 Å². The van der Waals surface area contributed by atoms with Crippen LogP contribution in [0.5, 0.6) is 5.75 Å². The monoisotopic (exact) mass is 284 g/mol. The first-order valence-electron chi connectivity index (χ1n) is 7.80. The Morgan fingerprint density at radius 2 is 1.76 bits per heavy atom. The van der Waals surface area contributed by atoms with Crippen molar-refractivity contribution in [2.45, 2.75) is 44.3 Å². The summed E-state index contributed by atoms with van der Waals surface area (Å²) in [6.07, 6.45) is 4.70. The van der Waals surface area contributed by atoms with Crippen LogP contribution in [0.4, 0.5) is 0 Å². The van der Waals surface area contributed by atoms with Crippen LogP contribution in [0.1, 0.15) is 31.2 Å². The van der Waals surface area contributed by atoms with Gasteiger partial charge in [-0.25, -0.2) is 0 Å². The second-order valence-corrected chi connectivity index (χ2v) is 6.04. The number of rotatable bonds is 4. The Hall–Kier alpha value is -1.58. The van der Waals surface area contributed by atoms with Gasteiger partial charge in [-0.3, -0.25) is 0 Å². The Balaban J connectivity index is 1.64. The molecule has 0 saturated heterocycles. The SMILES string of the molecule is COc1ccc2cc(CNC3CCC(N)CC3)ccc2c1. The van der Waals surface area contributed by atoms with E-state index in [0.717, 1.165) is 25.1 Å². The van der Waals surface area contributed by atoms with Gasteiger partial charge in [-0.15, -0.1) is 0 Å². The smallest absolute Gasteiger partial charge is 0.119 e. The van der Waals surface area contributed by atoms with Crippen LogP contribution in [0, 0.1) is 0 Å². The lowest BCUT2D eigenvalue weighted by atomic mass is 9.91. The van der Waals surface area contributed by atoms with E-state index in [1.54, 1.807) is 7.11 Å². The molecule has 0 bridgehead atoms. The Kier molecular flexibility index (Phi) is 4.42. The summed E-state index contributed by atoms with van der Waals surface area (Å²) in [6.45, 7) is 0.932. The predicted octanol–water partition coefficient (Wildman–Crippen LogP) is 3.21. The van der Waals surface area contributed by atoms with Crippen molar-refractivity contribution in [3.63, 3.8) is 0 Å². The molecular formula is C18H24N2O. The second-order valence-electron chi connectivity index (χ2n) is 6.04. The molecule has 0 radical (unpaired) electrons. The number of hydrogen-bond donors (Lipinski definition) is 2. The Bertz CT molecular complexity index is 603. The van der Waals surface area contributed by atoms with Gasteiger partial charge in [-0.05, 0) is 60.2 Å². The molecule has 0 atom stereocenters.